The molecule has 22 heavy (non-hydrogen) atoms. The highest BCUT2D eigenvalue weighted by atomic mass is 16.4. The van der Waals surface area contributed by atoms with Crippen LogP contribution in [0.1, 0.15) is 65.2 Å². The third-order valence-electron chi connectivity index (χ3n) is 4.43. The van der Waals surface area contributed by atoms with Crippen molar-refractivity contribution in [3.63, 3.8) is 0 Å². The standard InChI is InChI=1S/C16H22N2O4/c1-4-8(2)13(16(21)22)18-15(20)14-9(3)12-10(17-14)6-5-7-11(12)19/h8,13,17H,4-7H2,1-3H3,(H,18,20)(H,21,22)/t8-,13-/m0/s1. The molecule has 1 amide bonds. The number of amides is 1. The van der Waals surface area contributed by atoms with Gasteiger partial charge in [-0.1, -0.05) is 20.3 Å². The molecule has 1 aliphatic rings. The molecule has 0 radical (unpaired) electrons. The normalized spacial score (nSPS) is 16.8. The van der Waals surface area contributed by atoms with Crippen LogP contribution in [0.15, 0.2) is 0 Å². The number of carbonyl (C=O) groups is 3. The number of aliphatic carboxylic acids is 1. The maximum absolute atomic E-state index is 12.4. The van der Waals surface area contributed by atoms with Crippen LogP contribution in [0.5, 0.6) is 0 Å². The van der Waals surface area contributed by atoms with E-state index in [1.807, 2.05) is 6.92 Å². The van der Waals surface area contributed by atoms with Gasteiger partial charge in [0.25, 0.3) is 5.91 Å². The van der Waals surface area contributed by atoms with E-state index in [1.165, 1.54) is 0 Å². The van der Waals surface area contributed by atoms with E-state index in [0.717, 1.165) is 18.5 Å². The third kappa shape index (κ3) is 2.91. The fraction of sp³-hybridized carbons (Fsp3) is 0.562. The second kappa shape index (κ2) is 6.34. The van der Waals surface area contributed by atoms with Crippen LogP contribution < -0.4 is 5.32 Å². The van der Waals surface area contributed by atoms with Crippen molar-refractivity contribution in [1.29, 1.82) is 0 Å². The number of carboxylic acid groups (broad SMARTS) is 1. The number of nitrogens with one attached hydrogen (secondary N) is 2. The van der Waals surface area contributed by atoms with Crippen molar-refractivity contribution in [3.8, 4) is 0 Å². The molecule has 0 saturated heterocycles. The summed E-state index contributed by atoms with van der Waals surface area (Å²) in [6.07, 6.45) is 2.66. The van der Waals surface area contributed by atoms with E-state index >= 15 is 0 Å². The van der Waals surface area contributed by atoms with Crippen LogP contribution in [0.3, 0.4) is 0 Å². The van der Waals surface area contributed by atoms with Crippen molar-refractivity contribution in [2.45, 2.75) is 52.5 Å². The molecule has 0 saturated carbocycles. The monoisotopic (exact) mass is 306 g/mol. The molecule has 0 fully saturated rings. The number of Topliss-reactive ketones (excluding diaryl/α,β-unsaturated/α-hetero) is 1. The molecule has 2 atom stereocenters. The summed E-state index contributed by atoms with van der Waals surface area (Å²) in [6, 6.07) is -0.937. The molecule has 120 valence electrons. The van der Waals surface area contributed by atoms with E-state index < -0.39 is 17.9 Å². The Bertz CT molecular complexity index is 618. The van der Waals surface area contributed by atoms with Gasteiger partial charge in [0.05, 0.1) is 0 Å². The Hall–Kier alpha value is -2.11. The number of fused-ring (bicyclic) bond motifs is 1. The molecule has 1 aromatic heterocycles. The van der Waals surface area contributed by atoms with Gasteiger partial charge in [0.15, 0.2) is 5.78 Å². The highest BCUT2D eigenvalue weighted by Gasteiger charge is 2.30. The summed E-state index contributed by atoms with van der Waals surface area (Å²) >= 11 is 0. The summed E-state index contributed by atoms with van der Waals surface area (Å²) < 4.78 is 0. The minimum Gasteiger partial charge on any atom is -0.480 e. The minimum absolute atomic E-state index is 0.0470. The van der Waals surface area contributed by atoms with Gasteiger partial charge in [-0.05, 0) is 31.2 Å². The first kappa shape index (κ1) is 16.3. The number of hydrogen-bond donors (Lipinski definition) is 3. The predicted molar refractivity (Wildman–Crippen MR) is 81.1 cm³/mol. The maximum Gasteiger partial charge on any atom is 0.326 e. The number of carboxylic acids is 1. The fourth-order valence-electron chi connectivity index (χ4n) is 2.90. The van der Waals surface area contributed by atoms with Gasteiger partial charge in [0, 0.05) is 17.7 Å². The Balaban J connectivity index is 2.27. The number of carbonyl (C=O) groups excluding carboxylic acids is 2. The van der Waals surface area contributed by atoms with Crippen LogP contribution in [-0.2, 0) is 11.2 Å². The summed E-state index contributed by atoms with van der Waals surface area (Å²) in [5.74, 6) is -1.64. The summed E-state index contributed by atoms with van der Waals surface area (Å²) in [7, 11) is 0. The number of aryl methyl sites for hydroxylation is 1. The lowest BCUT2D eigenvalue weighted by atomic mass is 9.93. The van der Waals surface area contributed by atoms with E-state index in [9.17, 15) is 19.5 Å². The molecule has 0 bridgehead atoms. The molecule has 6 heteroatoms. The smallest absolute Gasteiger partial charge is 0.326 e. The number of ketones is 1. The molecule has 0 unspecified atom stereocenters. The second-order valence-corrected chi connectivity index (χ2v) is 5.93. The van der Waals surface area contributed by atoms with E-state index in [-0.39, 0.29) is 11.7 Å². The topological polar surface area (TPSA) is 99.3 Å². The Morgan fingerprint density at radius 1 is 1.36 bits per heavy atom. The zero-order chi connectivity index (χ0) is 16.4. The molecule has 1 aliphatic carbocycles. The average Bonchev–Trinajstić information content (AvgIpc) is 2.82. The van der Waals surface area contributed by atoms with Crippen molar-refractivity contribution in [2.24, 2.45) is 5.92 Å². The van der Waals surface area contributed by atoms with Crippen LogP contribution >= 0.6 is 0 Å². The SMILES string of the molecule is CC[C@H](C)[C@H](NC(=O)c1[nH]c2c(c1C)C(=O)CCC2)C(=O)O. The molecule has 2 rings (SSSR count). The van der Waals surface area contributed by atoms with Crippen molar-refractivity contribution in [1.82, 2.24) is 10.3 Å². The van der Waals surface area contributed by atoms with Crippen LogP contribution in [0, 0.1) is 12.8 Å². The first-order valence-electron chi connectivity index (χ1n) is 7.65. The molecule has 1 aromatic rings. The van der Waals surface area contributed by atoms with E-state index in [1.54, 1.807) is 13.8 Å². The summed E-state index contributed by atoms with van der Waals surface area (Å²) in [4.78, 5) is 38.7. The van der Waals surface area contributed by atoms with E-state index in [0.29, 0.717) is 29.7 Å². The van der Waals surface area contributed by atoms with Gasteiger partial charge in [-0.3, -0.25) is 9.59 Å². The Kier molecular flexibility index (Phi) is 4.68. The summed E-state index contributed by atoms with van der Waals surface area (Å²) in [5, 5.41) is 11.8. The third-order valence-corrected chi connectivity index (χ3v) is 4.43. The van der Waals surface area contributed by atoms with Crippen LogP contribution in [0.25, 0.3) is 0 Å². The largest absolute Gasteiger partial charge is 0.480 e. The highest BCUT2D eigenvalue weighted by molar-refractivity contribution is 6.04. The first-order chi connectivity index (χ1) is 10.4. The quantitative estimate of drug-likeness (QED) is 0.775. The summed E-state index contributed by atoms with van der Waals surface area (Å²) in [6.45, 7) is 5.39. The number of aromatic nitrogens is 1. The van der Waals surface area contributed by atoms with Crippen molar-refractivity contribution in [2.75, 3.05) is 0 Å². The van der Waals surface area contributed by atoms with Crippen LogP contribution in [0.4, 0.5) is 0 Å². The highest BCUT2D eigenvalue weighted by Crippen LogP contribution is 2.26. The van der Waals surface area contributed by atoms with Crippen molar-refractivity contribution in [3.05, 3.63) is 22.5 Å². The molecule has 1 heterocycles. The van der Waals surface area contributed by atoms with Crippen LogP contribution in [-0.4, -0.2) is 33.8 Å². The summed E-state index contributed by atoms with van der Waals surface area (Å²) in [5.41, 5.74) is 2.31. The first-order valence-corrected chi connectivity index (χ1v) is 7.65. The second-order valence-electron chi connectivity index (χ2n) is 5.93. The van der Waals surface area contributed by atoms with Gasteiger partial charge in [0.2, 0.25) is 0 Å². The lowest BCUT2D eigenvalue weighted by molar-refractivity contribution is -0.140. The van der Waals surface area contributed by atoms with E-state index in [4.69, 9.17) is 0 Å². The van der Waals surface area contributed by atoms with E-state index in [2.05, 4.69) is 10.3 Å². The number of hydrogen-bond acceptors (Lipinski definition) is 3. The van der Waals surface area contributed by atoms with Gasteiger partial charge in [-0.2, -0.15) is 0 Å². The van der Waals surface area contributed by atoms with Crippen LogP contribution in [0.2, 0.25) is 0 Å². The molecule has 0 spiro atoms. The van der Waals surface area contributed by atoms with Gasteiger partial charge in [0.1, 0.15) is 11.7 Å². The molecular formula is C16H22N2O4. The number of aromatic amines is 1. The zero-order valence-electron chi connectivity index (χ0n) is 13.2. The molecule has 0 aliphatic heterocycles. The number of H-pyrrole nitrogens is 1. The predicted octanol–water partition coefficient (Wildman–Crippen LogP) is 2.07. The molecule has 3 N–H and O–H groups in total. The van der Waals surface area contributed by atoms with Gasteiger partial charge in [-0.15, -0.1) is 0 Å². The lowest BCUT2D eigenvalue weighted by Crippen LogP contribution is -2.45. The average molecular weight is 306 g/mol. The molecular weight excluding hydrogens is 284 g/mol. The number of rotatable bonds is 5. The van der Waals surface area contributed by atoms with Gasteiger partial charge < -0.3 is 15.4 Å². The Labute approximate surface area is 129 Å². The Morgan fingerprint density at radius 3 is 2.59 bits per heavy atom. The van der Waals surface area contributed by atoms with Crippen molar-refractivity contribution < 1.29 is 19.5 Å². The lowest BCUT2D eigenvalue weighted by Gasteiger charge is -2.20. The molecule has 0 aromatic carbocycles. The zero-order valence-corrected chi connectivity index (χ0v) is 13.2. The maximum atomic E-state index is 12.4. The Morgan fingerprint density at radius 2 is 2.05 bits per heavy atom. The minimum atomic E-state index is -1.05. The molecule has 6 nitrogen and oxygen atoms in total. The van der Waals surface area contributed by atoms with Crippen molar-refractivity contribution >= 4 is 17.7 Å². The van der Waals surface area contributed by atoms with Gasteiger partial charge >= 0.3 is 5.97 Å². The van der Waals surface area contributed by atoms with Gasteiger partial charge in [-0.25, -0.2) is 4.79 Å². The fourth-order valence-corrected chi connectivity index (χ4v) is 2.90.